The number of hydrogen-bond donors (Lipinski definition) is 1. The Labute approximate surface area is 123 Å². The van der Waals surface area contributed by atoms with E-state index < -0.39 is 0 Å². The maximum atomic E-state index is 12.7. The molecular formula is C15H19ClN2O2. The van der Waals surface area contributed by atoms with Gasteiger partial charge in [-0.05, 0) is 44.5 Å². The van der Waals surface area contributed by atoms with Crippen molar-refractivity contribution in [2.24, 2.45) is 0 Å². The van der Waals surface area contributed by atoms with Crippen LogP contribution in [0.1, 0.15) is 30.1 Å². The molecule has 1 aromatic carbocycles. The Morgan fingerprint density at radius 1 is 1.40 bits per heavy atom. The van der Waals surface area contributed by atoms with E-state index in [-0.39, 0.29) is 17.7 Å². The molecule has 2 fully saturated rings. The van der Waals surface area contributed by atoms with E-state index in [9.17, 15) is 9.90 Å². The van der Waals surface area contributed by atoms with Crippen molar-refractivity contribution in [3.8, 4) is 5.75 Å². The van der Waals surface area contributed by atoms with Gasteiger partial charge in [0.05, 0.1) is 5.56 Å². The maximum Gasteiger partial charge on any atom is 0.258 e. The molecule has 0 saturated carbocycles. The summed E-state index contributed by atoms with van der Waals surface area (Å²) in [5, 5.41) is 10.4. The average Bonchev–Trinajstić information content (AvgIpc) is 2.87. The number of phenols is 1. The molecule has 2 heterocycles. The third-order valence-corrected chi connectivity index (χ3v) is 4.62. The van der Waals surface area contributed by atoms with Crippen LogP contribution >= 0.6 is 11.6 Å². The molecule has 4 nitrogen and oxygen atoms in total. The summed E-state index contributed by atoms with van der Waals surface area (Å²) in [6, 6.07) is 5.25. The number of carbonyl (C=O) groups excluding carboxylic acids is 1. The quantitative estimate of drug-likeness (QED) is 0.865. The molecule has 2 aliphatic heterocycles. The zero-order chi connectivity index (χ0) is 14.3. The first-order valence-electron chi connectivity index (χ1n) is 7.10. The molecule has 1 aromatic rings. The first-order chi connectivity index (χ1) is 9.56. The highest BCUT2D eigenvalue weighted by molar-refractivity contribution is 6.31. The Bertz CT molecular complexity index is 535. The summed E-state index contributed by atoms with van der Waals surface area (Å²) < 4.78 is 0. The molecule has 0 spiro atoms. The van der Waals surface area contributed by atoms with Gasteiger partial charge in [0.25, 0.3) is 5.91 Å². The fourth-order valence-corrected chi connectivity index (χ4v) is 3.48. The van der Waals surface area contributed by atoms with E-state index in [1.54, 1.807) is 12.1 Å². The van der Waals surface area contributed by atoms with Gasteiger partial charge in [0.15, 0.2) is 0 Å². The van der Waals surface area contributed by atoms with E-state index in [1.807, 2.05) is 4.90 Å². The number of aromatic hydroxyl groups is 1. The van der Waals surface area contributed by atoms with Gasteiger partial charge in [-0.25, -0.2) is 0 Å². The van der Waals surface area contributed by atoms with Crippen LogP contribution in [0, 0.1) is 0 Å². The smallest absolute Gasteiger partial charge is 0.258 e. The van der Waals surface area contributed by atoms with Crippen molar-refractivity contribution in [3.05, 3.63) is 28.8 Å². The highest BCUT2D eigenvalue weighted by Crippen LogP contribution is 2.28. The molecule has 2 aliphatic rings. The van der Waals surface area contributed by atoms with Gasteiger partial charge in [0.1, 0.15) is 5.75 Å². The Hall–Kier alpha value is -1.26. The first-order valence-corrected chi connectivity index (χ1v) is 7.47. The van der Waals surface area contributed by atoms with Gasteiger partial charge in [0.2, 0.25) is 0 Å². The number of nitrogens with zero attached hydrogens (tertiary/aromatic N) is 2. The lowest BCUT2D eigenvalue weighted by Crippen LogP contribution is -2.56. The highest BCUT2D eigenvalue weighted by Gasteiger charge is 2.37. The minimum absolute atomic E-state index is 0.000418. The minimum atomic E-state index is -0.121. The Morgan fingerprint density at radius 2 is 2.20 bits per heavy atom. The van der Waals surface area contributed by atoms with Crippen molar-refractivity contribution in [2.45, 2.75) is 31.8 Å². The predicted molar refractivity (Wildman–Crippen MR) is 78.2 cm³/mol. The fourth-order valence-electron chi connectivity index (χ4n) is 3.30. The molecule has 2 saturated heterocycles. The van der Waals surface area contributed by atoms with Crippen LogP contribution in [0.15, 0.2) is 18.2 Å². The van der Waals surface area contributed by atoms with Crippen molar-refractivity contribution >= 4 is 17.5 Å². The molecule has 20 heavy (non-hydrogen) atoms. The summed E-state index contributed by atoms with van der Waals surface area (Å²) in [4.78, 5) is 17.0. The molecule has 0 bridgehead atoms. The number of piperazine rings is 1. The summed E-state index contributed by atoms with van der Waals surface area (Å²) >= 11 is 5.94. The molecule has 2 unspecified atom stereocenters. The first kappa shape index (κ1) is 13.7. The lowest BCUT2D eigenvalue weighted by atomic mass is 10.1. The number of carbonyl (C=O) groups is 1. The average molecular weight is 295 g/mol. The van der Waals surface area contributed by atoms with Gasteiger partial charge in [-0.15, -0.1) is 0 Å². The number of rotatable bonds is 1. The van der Waals surface area contributed by atoms with Crippen LogP contribution in [0.25, 0.3) is 0 Å². The fraction of sp³-hybridized carbons (Fsp3) is 0.533. The summed E-state index contributed by atoms with van der Waals surface area (Å²) in [6.45, 7) is 4.86. The summed E-state index contributed by atoms with van der Waals surface area (Å²) in [5.74, 6) is -0.121. The number of halogens is 1. The van der Waals surface area contributed by atoms with Gasteiger partial charge in [-0.1, -0.05) is 11.6 Å². The second kappa shape index (κ2) is 5.26. The molecule has 5 heteroatoms. The highest BCUT2D eigenvalue weighted by atomic mass is 35.5. The van der Waals surface area contributed by atoms with Crippen molar-refractivity contribution < 1.29 is 9.90 Å². The van der Waals surface area contributed by atoms with E-state index in [4.69, 9.17) is 11.6 Å². The van der Waals surface area contributed by atoms with Crippen LogP contribution in [0.3, 0.4) is 0 Å². The van der Waals surface area contributed by atoms with Crippen LogP contribution in [0.2, 0.25) is 5.02 Å². The van der Waals surface area contributed by atoms with E-state index >= 15 is 0 Å². The molecule has 1 N–H and O–H groups in total. The number of phenolic OH excluding ortho intramolecular Hbond substituents is 1. The molecule has 2 atom stereocenters. The van der Waals surface area contributed by atoms with E-state index in [1.165, 1.54) is 12.5 Å². The van der Waals surface area contributed by atoms with Gasteiger partial charge in [-0.3, -0.25) is 9.69 Å². The molecule has 1 amide bonds. The van der Waals surface area contributed by atoms with E-state index in [0.717, 1.165) is 26.1 Å². The van der Waals surface area contributed by atoms with Gasteiger partial charge >= 0.3 is 0 Å². The van der Waals surface area contributed by atoms with Crippen molar-refractivity contribution in [3.63, 3.8) is 0 Å². The lowest BCUT2D eigenvalue weighted by molar-refractivity contribution is 0.0393. The second-order valence-electron chi connectivity index (χ2n) is 5.76. The molecule has 0 radical (unpaired) electrons. The third-order valence-electron chi connectivity index (χ3n) is 4.39. The number of benzene rings is 1. The Balaban J connectivity index is 1.84. The van der Waals surface area contributed by atoms with Crippen LogP contribution in [-0.4, -0.2) is 52.5 Å². The monoisotopic (exact) mass is 294 g/mol. The van der Waals surface area contributed by atoms with Gasteiger partial charge < -0.3 is 10.0 Å². The van der Waals surface area contributed by atoms with Crippen molar-refractivity contribution in [1.82, 2.24) is 9.80 Å². The van der Waals surface area contributed by atoms with Crippen LogP contribution in [-0.2, 0) is 0 Å². The Kier molecular flexibility index (Phi) is 3.61. The number of hydrogen-bond acceptors (Lipinski definition) is 3. The molecule has 0 aromatic heterocycles. The largest absolute Gasteiger partial charge is 0.507 e. The third kappa shape index (κ3) is 2.38. The van der Waals surface area contributed by atoms with E-state index in [0.29, 0.717) is 16.6 Å². The zero-order valence-electron chi connectivity index (χ0n) is 11.6. The molecule has 3 rings (SSSR count). The predicted octanol–water partition coefficient (Wildman–Crippen LogP) is 2.35. The van der Waals surface area contributed by atoms with Gasteiger partial charge in [-0.2, -0.15) is 0 Å². The van der Waals surface area contributed by atoms with Crippen molar-refractivity contribution in [2.75, 3.05) is 19.6 Å². The van der Waals surface area contributed by atoms with Crippen LogP contribution < -0.4 is 0 Å². The van der Waals surface area contributed by atoms with Crippen LogP contribution in [0.5, 0.6) is 5.75 Å². The number of fused-ring (bicyclic) bond motifs is 1. The zero-order valence-corrected chi connectivity index (χ0v) is 12.3. The summed E-state index contributed by atoms with van der Waals surface area (Å²) in [7, 11) is 0. The SMILES string of the molecule is CC1CN2CCCC2CN1C(=O)c1cc(Cl)ccc1O. The second-order valence-corrected chi connectivity index (χ2v) is 6.20. The summed E-state index contributed by atoms with van der Waals surface area (Å²) in [6.07, 6.45) is 2.36. The Morgan fingerprint density at radius 3 is 3.00 bits per heavy atom. The summed E-state index contributed by atoms with van der Waals surface area (Å²) in [5.41, 5.74) is 0.302. The van der Waals surface area contributed by atoms with Gasteiger partial charge in [0, 0.05) is 30.2 Å². The minimum Gasteiger partial charge on any atom is -0.507 e. The van der Waals surface area contributed by atoms with Crippen LogP contribution in [0.4, 0.5) is 0 Å². The molecule has 108 valence electrons. The lowest BCUT2D eigenvalue weighted by Gasteiger charge is -2.42. The normalized spacial score (nSPS) is 26.6. The van der Waals surface area contributed by atoms with Crippen molar-refractivity contribution in [1.29, 1.82) is 0 Å². The molecular weight excluding hydrogens is 276 g/mol. The topological polar surface area (TPSA) is 43.8 Å². The molecule has 0 aliphatic carbocycles. The standard InChI is InChI=1S/C15H19ClN2O2/c1-10-8-17-6-2-3-12(17)9-18(10)15(20)13-7-11(16)4-5-14(13)19/h4-5,7,10,12,19H,2-3,6,8-9H2,1H3. The van der Waals surface area contributed by atoms with E-state index in [2.05, 4.69) is 11.8 Å². The number of amides is 1. The maximum absolute atomic E-state index is 12.7.